The predicted molar refractivity (Wildman–Crippen MR) is 58.1 cm³/mol. The van der Waals surface area contributed by atoms with Gasteiger partial charge in [0.1, 0.15) is 0 Å². The van der Waals surface area contributed by atoms with Gasteiger partial charge in [0.05, 0.1) is 0 Å². The molecule has 86 valence electrons. The van der Waals surface area contributed by atoms with Gasteiger partial charge < -0.3 is 5.73 Å². The first-order chi connectivity index (χ1) is 6.58. The van der Waals surface area contributed by atoms with E-state index < -0.39 is 10.2 Å². The molecule has 0 radical (unpaired) electrons. The SMILES string of the molecule is CCN(CC)S(=O)(=O)NCCCCN. The van der Waals surface area contributed by atoms with Crippen LogP contribution in [-0.2, 0) is 10.2 Å². The molecular weight excluding hydrogens is 202 g/mol. The summed E-state index contributed by atoms with van der Waals surface area (Å²) in [7, 11) is -3.26. The quantitative estimate of drug-likeness (QED) is 0.564. The number of hydrogen-bond acceptors (Lipinski definition) is 3. The van der Waals surface area contributed by atoms with Gasteiger partial charge in [0, 0.05) is 19.6 Å². The van der Waals surface area contributed by atoms with Crippen LogP contribution in [-0.4, -0.2) is 38.9 Å². The van der Waals surface area contributed by atoms with Gasteiger partial charge in [0.15, 0.2) is 0 Å². The van der Waals surface area contributed by atoms with E-state index >= 15 is 0 Å². The average Bonchev–Trinajstić information content (AvgIpc) is 2.14. The summed E-state index contributed by atoms with van der Waals surface area (Å²) < 4.78 is 27.0. The molecule has 0 saturated carbocycles. The number of nitrogens with zero attached hydrogens (tertiary/aromatic N) is 1. The van der Waals surface area contributed by atoms with Gasteiger partial charge in [-0.05, 0) is 19.4 Å². The van der Waals surface area contributed by atoms with E-state index in [2.05, 4.69) is 4.72 Å². The minimum Gasteiger partial charge on any atom is -0.330 e. The van der Waals surface area contributed by atoms with Crippen molar-refractivity contribution in [3.63, 3.8) is 0 Å². The highest BCUT2D eigenvalue weighted by molar-refractivity contribution is 7.87. The lowest BCUT2D eigenvalue weighted by Gasteiger charge is -2.18. The van der Waals surface area contributed by atoms with Gasteiger partial charge in [0.2, 0.25) is 0 Å². The Morgan fingerprint density at radius 2 is 1.79 bits per heavy atom. The minimum atomic E-state index is -3.26. The maximum absolute atomic E-state index is 11.5. The van der Waals surface area contributed by atoms with Gasteiger partial charge in [0.25, 0.3) is 10.2 Å². The largest absolute Gasteiger partial charge is 0.330 e. The zero-order chi connectivity index (χ0) is 11.0. The van der Waals surface area contributed by atoms with E-state index in [1.807, 2.05) is 13.8 Å². The third-order valence-corrected chi connectivity index (χ3v) is 3.73. The van der Waals surface area contributed by atoms with Crippen LogP contribution in [0.3, 0.4) is 0 Å². The van der Waals surface area contributed by atoms with Gasteiger partial charge in [-0.2, -0.15) is 12.7 Å². The number of hydrogen-bond donors (Lipinski definition) is 2. The lowest BCUT2D eigenvalue weighted by molar-refractivity contribution is 0.434. The minimum absolute atomic E-state index is 0.468. The van der Waals surface area contributed by atoms with Crippen LogP contribution < -0.4 is 10.5 Å². The average molecular weight is 223 g/mol. The Kier molecular flexibility index (Phi) is 7.08. The zero-order valence-electron chi connectivity index (χ0n) is 8.99. The van der Waals surface area contributed by atoms with Gasteiger partial charge in [-0.1, -0.05) is 13.8 Å². The molecule has 0 atom stereocenters. The predicted octanol–water partition coefficient (Wildman–Crippen LogP) is -0.0985. The Morgan fingerprint density at radius 1 is 1.21 bits per heavy atom. The Labute approximate surface area is 86.8 Å². The number of nitrogens with one attached hydrogen (secondary N) is 1. The third kappa shape index (κ3) is 4.90. The summed E-state index contributed by atoms with van der Waals surface area (Å²) >= 11 is 0. The molecule has 0 unspecified atom stereocenters. The van der Waals surface area contributed by atoms with Crippen molar-refractivity contribution in [3.05, 3.63) is 0 Å². The Hall–Kier alpha value is -0.170. The first-order valence-electron chi connectivity index (χ1n) is 5.03. The van der Waals surface area contributed by atoms with Crippen LogP contribution in [0.2, 0.25) is 0 Å². The molecule has 5 nitrogen and oxygen atoms in total. The Morgan fingerprint density at radius 3 is 2.21 bits per heavy atom. The maximum Gasteiger partial charge on any atom is 0.279 e. The fraction of sp³-hybridized carbons (Fsp3) is 1.00. The standard InChI is InChI=1S/C8H21N3O2S/c1-3-11(4-2)14(12,13)10-8-6-5-7-9/h10H,3-9H2,1-2H3. The van der Waals surface area contributed by atoms with E-state index in [4.69, 9.17) is 5.73 Å². The van der Waals surface area contributed by atoms with Gasteiger partial charge in [-0.15, -0.1) is 0 Å². The molecule has 0 bridgehead atoms. The summed E-state index contributed by atoms with van der Waals surface area (Å²) in [6.45, 7) is 5.72. The highest BCUT2D eigenvalue weighted by Crippen LogP contribution is 1.96. The number of unbranched alkanes of at least 4 members (excludes halogenated alkanes) is 1. The third-order valence-electron chi connectivity index (χ3n) is 1.96. The molecule has 3 N–H and O–H groups in total. The Bertz CT molecular complexity index is 225. The topological polar surface area (TPSA) is 75.4 Å². The second-order valence-electron chi connectivity index (χ2n) is 2.98. The zero-order valence-corrected chi connectivity index (χ0v) is 9.81. The Balaban J connectivity index is 3.94. The number of rotatable bonds is 8. The van der Waals surface area contributed by atoms with Crippen molar-refractivity contribution in [2.24, 2.45) is 5.73 Å². The molecular formula is C8H21N3O2S. The molecule has 0 aliphatic heterocycles. The summed E-state index contributed by atoms with van der Waals surface area (Å²) in [5.74, 6) is 0. The monoisotopic (exact) mass is 223 g/mol. The van der Waals surface area contributed by atoms with Crippen LogP contribution in [0.1, 0.15) is 26.7 Å². The van der Waals surface area contributed by atoms with Crippen molar-refractivity contribution in [1.82, 2.24) is 9.03 Å². The fourth-order valence-electron chi connectivity index (χ4n) is 1.13. The molecule has 0 amide bonds. The van der Waals surface area contributed by atoms with Crippen LogP contribution in [0.5, 0.6) is 0 Å². The van der Waals surface area contributed by atoms with Gasteiger partial charge in [-0.25, -0.2) is 4.72 Å². The summed E-state index contributed by atoms with van der Waals surface area (Å²) in [5, 5.41) is 0. The molecule has 0 saturated heterocycles. The van der Waals surface area contributed by atoms with Crippen molar-refractivity contribution in [1.29, 1.82) is 0 Å². The summed E-state index contributed by atoms with van der Waals surface area (Å²) in [4.78, 5) is 0. The molecule has 0 aliphatic carbocycles. The second kappa shape index (κ2) is 7.17. The molecule has 6 heteroatoms. The van der Waals surface area contributed by atoms with Crippen molar-refractivity contribution in [3.8, 4) is 0 Å². The van der Waals surface area contributed by atoms with Crippen LogP contribution >= 0.6 is 0 Å². The van der Waals surface area contributed by atoms with Crippen molar-refractivity contribution in [2.75, 3.05) is 26.2 Å². The summed E-state index contributed by atoms with van der Waals surface area (Å²) in [6, 6.07) is 0. The van der Waals surface area contributed by atoms with E-state index in [9.17, 15) is 8.42 Å². The normalized spacial score (nSPS) is 12.3. The van der Waals surface area contributed by atoms with Crippen molar-refractivity contribution in [2.45, 2.75) is 26.7 Å². The van der Waals surface area contributed by atoms with Gasteiger partial charge in [-0.3, -0.25) is 0 Å². The highest BCUT2D eigenvalue weighted by Gasteiger charge is 2.16. The van der Waals surface area contributed by atoms with Crippen LogP contribution in [0, 0.1) is 0 Å². The van der Waals surface area contributed by atoms with E-state index in [0.717, 1.165) is 12.8 Å². The van der Waals surface area contributed by atoms with E-state index in [-0.39, 0.29) is 0 Å². The van der Waals surface area contributed by atoms with E-state index in [1.54, 1.807) is 0 Å². The molecule has 0 fully saturated rings. The first kappa shape index (κ1) is 13.8. The van der Waals surface area contributed by atoms with E-state index in [0.29, 0.717) is 26.2 Å². The summed E-state index contributed by atoms with van der Waals surface area (Å²) in [5.41, 5.74) is 5.30. The smallest absolute Gasteiger partial charge is 0.279 e. The lowest BCUT2D eigenvalue weighted by atomic mass is 10.3. The molecule has 0 aromatic rings. The lowest BCUT2D eigenvalue weighted by Crippen LogP contribution is -2.40. The molecule has 0 aliphatic rings. The first-order valence-corrected chi connectivity index (χ1v) is 6.47. The van der Waals surface area contributed by atoms with Gasteiger partial charge >= 0.3 is 0 Å². The van der Waals surface area contributed by atoms with E-state index in [1.165, 1.54) is 4.31 Å². The molecule has 0 aromatic heterocycles. The van der Waals surface area contributed by atoms with Crippen LogP contribution in [0.25, 0.3) is 0 Å². The molecule has 0 heterocycles. The van der Waals surface area contributed by atoms with Crippen molar-refractivity contribution >= 4 is 10.2 Å². The van der Waals surface area contributed by atoms with Crippen LogP contribution in [0.15, 0.2) is 0 Å². The summed E-state index contributed by atoms with van der Waals surface area (Å²) in [6.07, 6.45) is 1.64. The number of nitrogens with two attached hydrogens (primary N) is 1. The molecule has 0 rings (SSSR count). The van der Waals surface area contributed by atoms with Crippen molar-refractivity contribution < 1.29 is 8.42 Å². The molecule has 0 spiro atoms. The van der Waals surface area contributed by atoms with Crippen LogP contribution in [0.4, 0.5) is 0 Å². The highest BCUT2D eigenvalue weighted by atomic mass is 32.2. The fourth-order valence-corrected chi connectivity index (χ4v) is 2.39. The molecule has 0 aromatic carbocycles. The molecule has 14 heavy (non-hydrogen) atoms. The maximum atomic E-state index is 11.5. The second-order valence-corrected chi connectivity index (χ2v) is 4.73.